The van der Waals surface area contributed by atoms with Crippen LogP contribution in [0.5, 0.6) is 5.75 Å². The summed E-state index contributed by atoms with van der Waals surface area (Å²) in [5, 5.41) is 3.17. The first-order valence-electron chi connectivity index (χ1n) is 6.05. The fraction of sp³-hybridized carbons (Fsp3) is 0.357. The van der Waals surface area contributed by atoms with Crippen LogP contribution < -0.4 is 10.1 Å². The normalized spacial score (nSPS) is 10.6. The summed E-state index contributed by atoms with van der Waals surface area (Å²) >= 11 is 0. The molecule has 0 fully saturated rings. The Hall–Kier alpha value is -1.81. The molecule has 18 heavy (non-hydrogen) atoms. The molecule has 4 nitrogen and oxygen atoms in total. The predicted molar refractivity (Wildman–Crippen MR) is 72.8 cm³/mol. The first-order chi connectivity index (χ1) is 8.76. The number of nitrogens with zero attached hydrogens (tertiary/aromatic N) is 2. The molecule has 1 N–H and O–H groups in total. The molecule has 0 spiro atoms. The Morgan fingerprint density at radius 1 is 1.28 bits per heavy atom. The van der Waals surface area contributed by atoms with Crippen molar-refractivity contribution in [3.63, 3.8) is 0 Å². The molecule has 0 saturated heterocycles. The van der Waals surface area contributed by atoms with E-state index in [-0.39, 0.29) is 0 Å². The van der Waals surface area contributed by atoms with Crippen molar-refractivity contribution in [3.8, 4) is 17.0 Å². The number of rotatable bonds is 5. The van der Waals surface area contributed by atoms with Gasteiger partial charge in [-0.25, -0.2) is 4.98 Å². The standard InChI is InChI=1S/C14H19N3O/c1-15-9-8-13-14(16-10-17(13)2)11-4-6-12(18-3)7-5-11/h4-7,10,15H,8-9H2,1-3H3. The third-order valence-corrected chi connectivity index (χ3v) is 3.03. The minimum atomic E-state index is 0.867. The van der Waals surface area contributed by atoms with Gasteiger partial charge in [0.2, 0.25) is 0 Å². The monoisotopic (exact) mass is 245 g/mol. The molecule has 0 saturated carbocycles. The van der Waals surface area contributed by atoms with Crippen molar-refractivity contribution in [3.05, 3.63) is 36.3 Å². The van der Waals surface area contributed by atoms with Gasteiger partial charge < -0.3 is 14.6 Å². The Morgan fingerprint density at radius 2 is 2.00 bits per heavy atom. The topological polar surface area (TPSA) is 39.1 Å². The lowest BCUT2D eigenvalue weighted by molar-refractivity contribution is 0.415. The second-order valence-corrected chi connectivity index (χ2v) is 4.23. The van der Waals surface area contributed by atoms with Gasteiger partial charge in [0.05, 0.1) is 19.1 Å². The number of ether oxygens (including phenoxy) is 1. The van der Waals surface area contributed by atoms with E-state index in [1.165, 1.54) is 5.69 Å². The maximum atomic E-state index is 5.17. The molecule has 0 bridgehead atoms. The van der Waals surface area contributed by atoms with Crippen molar-refractivity contribution in [1.29, 1.82) is 0 Å². The minimum absolute atomic E-state index is 0.867. The number of hydrogen-bond acceptors (Lipinski definition) is 3. The lowest BCUT2D eigenvalue weighted by Gasteiger charge is -2.07. The van der Waals surface area contributed by atoms with Crippen LogP contribution in [-0.4, -0.2) is 30.3 Å². The van der Waals surface area contributed by atoms with Gasteiger partial charge in [-0.15, -0.1) is 0 Å². The Labute approximate surface area is 108 Å². The van der Waals surface area contributed by atoms with Crippen LogP contribution in [0.15, 0.2) is 30.6 Å². The van der Waals surface area contributed by atoms with E-state index in [1.807, 2.05) is 44.7 Å². The molecule has 0 unspecified atom stereocenters. The van der Waals surface area contributed by atoms with E-state index in [9.17, 15) is 0 Å². The summed E-state index contributed by atoms with van der Waals surface area (Å²) in [6.07, 6.45) is 2.83. The average Bonchev–Trinajstić information content (AvgIpc) is 2.78. The number of methoxy groups -OCH3 is 1. The van der Waals surface area contributed by atoms with Crippen LogP contribution in [0.4, 0.5) is 0 Å². The highest BCUT2D eigenvalue weighted by Crippen LogP contribution is 2.24. The number of benzene rings is 1. The van der Waals surface area contributed by atoms with Crippen molar-refractivity contribution in [1.82, 2.24) is 14.9 Å². The number of nitrogens with one attached hydrogen (secondary N) is 1. The Bertz CT molecular complexity index is 502. The quantitative estimate of drug-likeness (QED) is 0.874. The minimum Gasteiger partial charge on any atom is -0.497 e. The zero-order valence-corrected chi connectivity index (χ0v) is 11.1. The molecule has 2 rings (SSSR count). The number of aryl methyl sites for hydroxylation is 1. The molecule has 0 aliphatic rings. The van der Waals surface area contributed by atoms with Gasteiger partial charge in [0.25, 0.3) is 0 Å². The predicted octanol–water partition coefficient (Wildman–Crippen LogP) is 1.86. The Balaban J connectivity index is 2.31. The summed E-state index contributed by atoms with van der Waals surface area (Å²) in [7, 11) is 5.67. The van der Waals surface area contributed by atoms with Crippen LogP contribution in [0.3, 0.4) is 0 Å². The molecule has 1 aromatic heterocycles. The highest BCUT2D eigenvalue weighted by Gasteiger charge is 2.10. The van der Waals surface area contributed by atoms with Gasteiger partial charge in [-0.05, 0) is 31.3 Å². The maximum Gasteiger partial charge on any atom is 0.118 e. The largest absolute Gasteiger partial charge is 0.497 e. The molecule has 0 aliphatic carbocycles. The molecule has 2 aromatic rings. The van der Waals surface area contributed by atoms with E-state index in [2.05, 4.69) is 14.9 Å². The Kier molecular flexibility index (Phi) is 3.99. The van der Waals surface area contributed by atoms with E-state index in [4.69, 9.17) is 4.74 Å². The van der Waals surface area contributed by atoms with Crippen molar-refractivity contribution >= 4 is 0 Å². The highest BCUT2D eigenvalue weighted by atomic mass is 16.5. The van der Waals surface area contributed by atoms with Crippen LogP contribution in [0.2, 0.25) is 0 Å². The van der Waals surface area contributed by atoms with Gasteiger partial charge in [0.15, 0.2) is 0 Å². The fourth-order valence-corrected chi connectivity index (χ4v) is 1.98. The third-order valence-electron chi connectivity index (χ3n) is 3.03. The van der Waals surface area contributed by atoms with Crippen molar-refractivity contribution in [2.45, 2.75) is 6.42 Å². The SMILES string of the molecule is CNCCc1c(-c2ccc(OC)cc2)ncn1C. The molecule has 1 aromatic carbocycles. The molecular weight excluding hydrogens is 226 g/mol. The van der Waals surface area contributed by atoms with Crippen LogP contribution in [0.25, 0.3) is 11.3 Å². The summed E-state index contributed by atoms with van der Waals surface area (Å²) < 4.78 is 7.25. The number of hydrogen-bond donors (Lipinski definition) is 1. The van der Waals surface area contributed by atoms with Crippen LogP contribution in [0, 0.1) is 0 Å². The number of aromatic nitrogens is 2. The van der Waals surface area contributed by atoms with Crippen molar-refractivity contribution < 1.29 is 4.74 Å². The molecule has 0 atom stereocenters. The Morgan fingerprint density at radius 3 is 2.61 bits per heavy atom. The van der Waals surface area contributed by atoms with Crippen LogP contribution in [0.1, 0.15) is 5.69 Å². The molecule has 4 heteroatoms. The van der Waals surface area contributed by atoms with E-state index in [0.29, 0.717) is 0 Å². The van der Waals surface area contributed by atoms with Gasteiger partial charge in [-0.3, -0.25) is 0 Å². The van der Waals surface area contributed by atoms with Crippen LogP contribution in [-0.2, 0) is 13.5 Å². The van der Waals surface area contributed by atoms with Crippen LogP contribution >= 0.6 is 0 Å². The average molecular weight is 245 g/mol. The first kappa shape index (κ1) is 12.6. The fourth-order valence-electron chi connectivity index (χ4n) is 1.98. The van der Waals surface area contributed by atoms with Gasteiger partial charge >= 0.3 is 0 Å². The van der Waals surface area contributed by atoms with Gasteiger partial charge in [-0.2, -0.15) is 0 Å². The zero-order chi connectivity index (χ0) is 13.0. The molecule has 0 radical (unpaired) electrons. The van der Waals surface area contributed by atoms with Crippen molar-refractivity contribution in [2.75, 3.05) is 20.7 Å². The summed E-state index contributed by atoms with van der Waals surface area (Å²) in [4.78, 5) is 4.49. The van der Waals surface area contributed by atoms with E-state index in [0.717, 1.165) is 30.0 Å². The zero-order valence-electron chi connectivity index (χ0n) is 11.1. The van der Waals surface area contributed by atoms with Gasteiger partial charge in [-0.1, -0.05) is 0 Å². The van der Waals surface area contributed by atoms with Gasteiger partial charge in [0.1, 0.15) is 5.75 Å². The smallest absolute Gasteiger partial charge is 0.118 e. The summed E-state index contributed by atoms with van der Waals surface area (Å²) in [5.41, 5.74) is 3.42. The number of likely N-dealkylation sites (N-methyl/N-ethyl adjacent to an activating group) is 1. The summed E-state index contributed by atoms with van der Waals surface area (Å²) in [6.45, 7) is 0.947. The van der Waals surface area contributed by atoms with E-state index >= 15 is 0 Å². The second kappa shape index (κ2) is 5.69. The third kappa shape index (κ3) is 2.54. The maximum absolute atomic E-state index is 5.17. The lowest BCUT2D eigenvalue weighted by atomic mass is 10.1. The van der Waals surface area contributed by atoms with Crippen molar-refractivity contribution in [2.24, 2.45) is 7.05 Å². The molecular formula is C14H19N3O. The number of imidazole rings is 1. The summed E-state index contributed by atoms with van der Waals surface area (Å²) in [5.74, 6) is 0.867. The molecule has 0 amide bonds. The molecule has 0 aliphatic heterocycles. The summed E-state index contributed by atoms with van der Waals surface area (Å²) in [6, 6.07) is 8.02. The molecule has 96 valence electrons. The van der Waals surface area contributed by atoms with E-state index < -0.39 is 0 Å². The lowest BCUT2D eigenvalue weighted by Crippen LogP contribution is -2.12. The van der Waals surface area contributed by atoms with E-state index in [1.54, 1.807) is 7.11 Å². The van der Waals surface area contributed by atoms with Gasteiger partial charge in [0, 0.05) is 31.3 Å². The molecule has 1 heterocycles. The first-order valence-corrected chi connectivity index (χ1v) is 6.05. The highest BCUT2D eigenvalue weighted by molar-refractivity contribution is 5.62. The second-order valence-electron chi connectivity index (χ2n) is 4.23.